The number of hydrogen-bond donors (Lipinski definition) is 0. The van der Waals surface area contributed by atoms with Gasteiger partial charge in [-0.25, -0.2) is 0 Å². The maximum absolute atomic E-state index is 11.3. The summed E-state index contributed by atoms with van der Waals surface area (Å²) in [5, 5.41) is 3.91. The molecule has 3 heteroatoms. The topological polar surface area (TPSA) is 34.9 Å². The average Bonchev–Trinajstić information content (AvgIpc) is 2.34. The molecule has 0 bridgehead atoms. The zero-order chi connectivity index (χ0) is 9.14. The monoisotopic (exact) mass is 164 g/mol. The molecule has 12 heavy (non-hydrogen) atoms. The van der Waals surface area contributed by atoms with E-state index in [4.69, 9.17) is 0 Å². The van der Waals surface area contributed by atoms with Crippen LogP contribution in [0.5, 0.6) is 0 Å². The molecule has 0 radical (unpaired) electrons. The molecule has 0 saturated carbocycles. The molecule has 1 heterocycles. The summed E-state index contributed by atoms with van der Waals surface area (Å²) in [7, 11) is 1.79. The van der Waals surface area contributed by atoms with Crippen molar-refractivity contribution in [3.63, 3.8) is 0 Å². The van der Waals surface area contributed by atoms with Crippen LogP contribution in [0.3, 0.4) is 0 Å². The van der Waals surface area contributed by atoms with Crippen LogP contribution in [0.4, 0.5) is 0 Å². The lowest BCUT2D eigenvalue weighted by Crippen LogP contribution is -1.92. The maximum atomic E-state index is 11.3. The van der Waals surface area contributed by atoms with E-state index in [1.807, 2.05) is 13.8 Å². The van der Waals surface area contributed by atoms with E-state index in [0.717, 1.165) is 5.57 Å². The number of ketones is 1. The summed E-state index contributed by atoms with van der Waals surface area (Å²) in [6.45, 7) is 3.79. The van der Waals surface area contributed by atoms with Gasteiger partial charge in [-0.15, -0.1) is 0 Å². The summed E-state index contributed by atoms with van der Waals surface area (Å²) < 4.78 is 1.62. The molecule has 1 rings (SSSR count). The van der Waals surface area contributed by atoms with Gasteiger partial charge in [-0.2, -0.15) is 5.10 Å². The van der Waals surface area contributed by atoms with Crippen molar-refractivity contribution >= 4 is 5.78 Å². The fraction of sp³-hybridized carbons (Fsp3) is 0.333. The number of aromatic nitrogens is 2. The SMILES string of the molecule is CC(C)=CC(=O)c1cnn(C)c1. The van der Waals surface area contributed by atoms with E-state index in [-0.39, 0.29) is 5.78 Å². The van der Waals surface area contributed by atoms with E-state index in [0.29, 0.717) is 5.56 Å². The van der Waals surface area contributed by atoms with E-state index < -0.39 is 0 Å². The first-order valence-corrected chi connectivity index (χ1v) is 3.77. The van der Waals surface area contributed by atoms with Crippen molar-refractivity contribution in [2.45, 2.75) is 13.8 Å². The van der Waals surface area contributed by atoms with Crippen LogP contribution in [0.25, 0.3) is 0 Å². The molecule has 0 amide bonds. The number of allylic oxidation sites excluding steroid dienone is 2. The summed E-state index contributed by atoms with van der Waals surface area (Å²) in [4.78, 5) is 11.3. The van der Waals surface area contributed by atoms with E-state index in [1.165, 1.54) is 0 Å². The van der Waals surface area contributed by atoms with Crippen molar-refractivity contribution in [1.82, 2.24) is 9.78 Å². The number of carbonyl (C=O) groups is 1. The zero-order valence-corrected chi connectivity index (χ0v) is 7.53. The fourth-order valence-electron chi connectivity index (χ4n) is 0.894. The normalized spacial score (nSPS) is 9.58. The minimum atomic E-state index is 0.0168. The lowest BCUT2D eigenvalue weighted by Gasteiger charge is -1.88. The van der Waals surface area contributed by atoms with Crippen molar-refractivity contribution in [2.24, 2.45) is 7.05 Å². The molecule has 0 aliphatic heterocycles. The van der Waals surface area contributed by atoms with Crippen LogP contribution in [0.2, 0.25) is 0 Å². The molecule has 3 nitrogen and oxygen atoms in total. The summed E-state index contributed by atoms with van der Waals surface area (Å²) in [5.41, 5.74) is 1.64. The first-order valence-electron chi connectivity index (χ1n) is 3.77. The summed E-state index contributed by atoms with van der Waals surface area (Å²) in [6.07, 6.45) is 4.89. The highest BCUT2D eigenvalue weighted by molar-refractivity contribution is 6.04. The molecular weight excluding hydrogens is 152 g/mol. The van der Waals surface area contributed by atoms with Gasteiger partial charge in [-0.05, 0) is 19.9 Å². The second-order valence-electron chi connectivity index (χ2n) is 2.99. The van der Waals surface area contributed by atoms with Gasteiger partial charge in [0, 0.05) is 13.2 Å². The Kier molecular flexibility index (Phi) is 2.43. The highest BCUT2D eigenvalue weighted by Gasteiger charge is 2.03. The lowest BCUT2D eigenvalue weighted by atomic mass is 10.2. The van der Waals surface area contributed by atoms with Crippen LogP contribution < -0.4 is 0 Å². The molecule has 0 unspecified atom stereocenters. The van der Waals surface area contributed by atoms with Gasteiger partial charge in [0.1, 0.15) is 0 Å². The Morgan fingerprint density at radius 1 is 1.58 bits per heavy atom. The summed E-state index contributed by atoms with van der Waals surface area (Å²) in [5.74, 6) is 0.0168. The van der Waals surface area contributed by atoms with Crippen LogP contribution in [0.1, 0.15) is 24.2 Å². The predicted octanol–water partition coefficient (Wildman–Crippen LogP) is 1.57. The molecule has 0 aliphatic rings. The van der Waals surface area contributed by atoms with Crippen molar-refractivity contribution in [3.8, 4) is 0 Å². The lowest BCUT2D eigenvalue weighted by molar-refractivity contribution is 0.104. The third kappa shape index (κ3) is 2.05. The minimum absolute atomic E-state index is 0.0168. The van der Waals surface area contributed by atoms with Gasteiger partial charge in [-0.3, -0.25) is 9.48 Å². The Hall–Kier alpha value is -1.38. The van der Waals surface area contributed by atoms with Crippen molar-refractivity contribution < 1.29 is 4.79 Å². The third-order valence-corrected chi connectivity index (χ3v) is 1.41. The van der Waals surface area contributed by atoms with Crippen molar-refractivity contribution in [1.29, 1.82) is 0 Å². The molecule has 0 fully saturated rings. The van der Waals surface area contributed by atoms with Gasteiger partial charge < -0.3 is 0 Å². The zero-order valence-electron chi connectivity index (χ0n) is 7.53. The van der Waals surface area contributed by atoms with Crippen LogP contribution in [0.15, 0.2) is 24.0 Å². The largest absolute Gasteiger partial charge is 0.289 e. The van der Waals surface area contributed by atoms with Crippen LogP contribution in [-0.2, 0) is 7.05 Å². The Bertz CT molecular complexity index is 319. The van der Waals surface area contributed by atoms with Gasteiger partial charge in [0.25, 0.3) is 0 Å². The number of aryl methyl sites for hydroxylation is 1. The molecule has 0 aliphatic carbocycles. The smallest absolute Gasteiger partial charge is 0.188 e. The second kappa shape index (κ2) is 3.34. The van der Waals surface area contributed by atoms with Crippen LogP contribution in [0, 0.1) is 0 Å². The van der Waals surface area contributed by atoms with E-state index in [2.05, 4.69) is 5.10 Å². The quantitative estimate of drug-likeness (QED) is 0.491. The van der Waals surface area contributed by atoms with E-state index in [1.54, 1.807) is 30.2 Å². The number of hydrogen-bond acceptors (Lipinski definition) is 2. The molecule has 0 N–H and O–H groups in total. The van der Waals surface area contributed by atoms with Gasteiger partial charge in [0.15, 0.2) is 5.78 Å². The highest BCUT2D eigenvalue weighted by atomic mass is 16.1. The maximum Gasteiger partial charge on any atom is 0.188 e. The molecule has 0 atom stereocenters. The first-order chi connectivity index (χ1) is 5.59. The molecule has 1 aromatic heterocycles. The standard InChI is InChI=1S/C9H12N2O/c1-7(2)4-9(12)8-5-10-11(3)6-8/h4-6H,1-3H3. The van der Waals surface area contributed by atoms with Gasteiger partial charge in [-0.1, -0.05) is 5.57 Å². The predicted molar refractivity (Wildman–Crippen MR) is 47.0 cm³/mol. The Morgan fingerprint density at radius 3 is 2.67 bits per heavy atom. The van der Waals surface area contributed by atoms with E-state index in [9.17, 15) is 4.79 Å². The fourth-order valence-corrected chi connectivity index (χ4v) is 0.894. The summed E-state index contributed by atoms with van der Waals surface area (Å²) >= 11 is 0. The summed E-state index contributed by atoms with van der Waals surface area (Å²) in [6, 6.07) is 0. The van der Waals surface area contributed by atoms with Gasteiger partial charge in [0.2, 0.25) is 0 Å². The Balaban J connectivity index is 2.86. The molecule has 0 saturated heterocycles. The number of carbonyl (C=O) groups excluding carboxylic acids is 1. The Labute approximate surface area is 71.7 Å². The Morgan fingerprint density at radius 2 is 2.25 bits per heavy atom. The van der Waals surface area contributed by atoms with Gasteiger partial charge >= 0.3 is 0 Å². The molecular formula is C9H12N2O. The molecule has 1 aromatic rings. The van der Waals surface area contributed by atoms with E-state index >= 15 is 0 Å². The first kappa shape index (κ1) is 8.71. The average molecular weight is 164 g/mol. The highest BCUT2D eigenvalue weighted by Crippen LogP contribution is 2.01. The van der Waals surface area contributed by atoms with Crippen LogP contribution >= 0.6 is 0 Å². The number of nitrogens with zero attached hydrogens (tertiary/aromatic N) is 2. The van der Waals surface area contributed by atoms with Crippen LogP contribution in [-0.4, -0.2) is 15.6 Å². The van der Waals surface area contributed by atoms with Gasteiger partial charge in [0.05, 0.1) is 11.8 Å². The number of rotatable bonds is 2. The van der Waals surface area contributed by atoms with Crippen molar-refractivity contribution in [3.05, 3.63) is 29.6 Å². The van der Waals surface area contributed by atoms with Crippen molar-refractivity contribution in [2.75, 3.05) is 0 Å². The minimum Gasteiger partial charge on any atom is -0.289 e. The molecule has 64 valence electrons. The third-order valence-electron chi connectivity index (χ3n) is 1.41. The second-order valence-corrected chi connectivity index (χ2v) is 2.99. The molecule has 0 spiro atoms. The molecule has 0 aromatic carbocycles.